The highest BCUT2D eigenvalue weighted by Crippen LogP contribution is 2.57. The molecule has 1 unspecified atom stereocenters. The highest BCUT2D eigenvalue weighted by Gasteiger charge is 2.62. The van der Waals surface area contributed by atoms with Crippen LogP contribution in [0.25, 0.3) is 10.8 Å². The first-order chi connectivity index (χ1) is 18.4. The van der Waals surface area contributed by atoms with Crippen molar-refractivity contribution < 1.29 is 28.7 Å². The number of hydrogen-bond acceptors (Lipinski definition) is 7. The van der Waals surface area contributed by atoms with Crippen LogP contribution in [0.1, 0.15) is 35.2 Å². The van der Waals surface area contributed by atoms with E-state index in [0.717, 1.165) is 5.39 Å². The van der Waals surface area contributed by atoms with Crippen molar-refractivity contribution >= 4 is 51.6 Å². The van der Waals surface area contributed by atoms with Gasteiger partial charge in [-0.05, 0) is 53.4 Å². The molecule has 0 fully saturated rings. The second-order valence-electron chi connectivity index (χ2n) is 9.39. The zero-order valence-electron chi connectivity index (χ0n) is 20.7. The smallest absolute Gasteiger partial charge is 0.339 e. The van der Waals surface area contributed by atoms with Gasteiger partial charge in [-0.3, -0.25) is 9.59 Å². The van der Waals surface area contributed by atoms with Crippen LogP contribution < -0.4 is 4.90 Å². The van der Waals surface area contributed by atoms with Crippen molar-refractivity contribution in [3.8, 4) is 0 Å². The number of carbonyl (C=O) groups is 4. The summed E-state index contributed by atoms with van der Waals surface area (Å²) < 4.78 is 10.3. The van der Waals surface area contributed by atoms with Gasteiger partial charge in [0.15, 0.2) is 17.1 Å². The van der Waals surface area contributed by atoms with Crippen molar-refractivity contribution in [2.75, 3.05) is 19.1 Å². The Hall–Kier alpha value is -4.23. The predicted molar refractivity (Wildman–Crippen MR) is 141 cm³/mol. The lowest BCUT2D eigenvalue weighted by atomic mass is 9.70. The summed E-state index contributed by atoms with van der Waals surface area (Å²) in [5.74, 6) is -2.47. The number of nitrogens with zero attached hydrogens (tertiary/aromatic N) is 1. The highest BCUT2D eigenvalue weighted by molar-refractivity contribution is 6.31. The van der Waals surface area contributed by atoms with Crippen LogP contribution in [0.5, 0.6) is 0 Å². The molecule has 38 heavy (non-hydrogen) atoms. The number of ketones is 2. The zero-order valence-corrected chi connectivity index (χ0v) is 21.4. The number of Topliss-reactive ketones (excluding diaryl/α,β-unsaturated/α-hetero) is 2. The average molecular weight is 528 g/mol. The summed E-state index contributed by atoms with van der Waals surface area (Å²) in [7, 11) is 2.37. The van der Waals surface area contributed by atoms with Crippen LogP contribution >= 0.6 is 11.6 Å². The molecular weight excluding hydrogens is 506 g/mol. The molecule has 2 aliphatic carbocycles. The zero-order chi connectivity index (χ0) is 26.8. The van der Waals surface area contributed by atoms with E-state index in [4.69, 9.17) is 21.1 Å². The van der Waals surface area contributed by atoms with Crippen molar-refractivity contribution in [2.24, 2.45) is 0 Å². The average Bonchev–Trinajstić information content (AvgIpc) is 3.18. The molecule has 1 atom stereocenters. The molecule has 0 saturated heterocycles. The Kier molecular flexibility index (Phi) is 5.50. The van der Waals surface area contributed by atoms with E-state index < -0.39 is 23.3 Å². The van der Waals surface area contributed by atoms with E-state index >= 15 is 0 Å². The largest absolute Gasteiger partial charge is 0.466 e. The number of fused-ring (bicyclic) bond motifs is 1. The summed E-state index contributed by atoms with van der Waals surface area (Å²) in [6, 6.07) is 17.7. The molecule has 3 aromatic rings. The van der Waals surface area contributed by atoms with Crippen LogP contribution in [0.3, 0.4) is 0 Å². The topological polar surface area (TPSA) is 90.0 Å². The summed E-state index contributed by atoms with van der Waals surface area (Å²) in [5, 5.41) is 1.97. The third-order valence-electron chi connectivity index (χ3n) is 7.58. The number of anilines is 1. The Morgan fingerprint density at radius 1 is 0.895 bits per heavy atom. The summed E-state index contributed by atoms with van der Waals surface area (Å²) in [6.07, 6.45) is 1.12. The molecule has 8 heteroatoms. The number of hydrogen-bond donors (Lipinski definition) is 0. The Balaban J connectivity index is 1.85. The Morgan fingerprint density at radius 3 is 2.26 bits per heavy atom. The monoisotopic (exact) mass is 527 g/mol. The van der Waals surface area contributed by atoms with Gasteiger partial charge >= 0.3 is 11.9 Å². The first-order valence-corrected chi connectivity index (χ1v) is 12.5. The van der Waals surface area contributed by atoms with E-state index in [0.29, 0.717) is 45.8 Å². The number of ether oxygens (including phenoxy) is 2. The second-order valence-corrected chi connectivity index (χ2v) is 9.83. The van der Waals surface area contributed by atoms with Crippen molar-refractivity contribution in [3.05, 3.63) is 99.2 Å². The van der Waals surface area contributed by atoms with Crippen LogP contribution in [0.15, 0.2) is 83.1 Å². The van der Waals surface area contributed by atoms with E-state index in [-0.39, 0.29) is 28.9 Å². The maximum atomic E-state index is 14.8. The Bertz CT molecular complexity index is 1650. The number of benzene rings is 3. The summed E-state index contributed by atoms with van der Waals surface area (Å²) in [5.41, 5.74) is -0.225. The molecule has 1 aliphatic heterocycles. The molecule has 0 radical (unpaired) electrons. The van der Waals surface area contributed by atoms with Crippen LogP contribution in [-0.2, 0) is 29.4 Å². The quantitative estimate of drug-likeness (QED) is 0.440. The predicted octanol–water partition coefficient (Wildman–Crippen LogP) is 5.05. The fourth-order valence-electron chi connectivity index (χ4n) is 6.17. The van der Waals surface area contributed by atoms with Crippen LogP contribution in [0.2, 0.25) is 5.02 Å². The maximum Gasteiger partial charge on any atom is 0.339 e. The molecule has 1 heterocycles. The number of rotatable bonds is 3. The summed E-state index contributed by atoms with van der Waals surface area (Å²) in [6.45, 7) is 0. The normalized spacial score (nSPS) is 20.3. The van der Waals surface area contributed by atoms with Gasteiger partial charge < -0.3 is 14.4 Å². The molecule has 3 aliphatic rings. The lowest BCUT2D eigenvalue weighted by Gasteiger charge is -2.49. The van der Waals surface area contributed by atoms with Crippen LogP contribution in [0, 0.1) is 0 Å². The van der Waals surface area contributed by atoms with Crippen molar-refractivity contribution in [1.82, 2.24) is 0 Å². The molecule has 0 amide bonds. The lowest BCUT2D eigenvalue weighted by molar-refractivity contribution is -0.140. The number of carbonyl (C=O) groups excluding carboxylic acids is 4. The Morgan fingerprint density at radius 2 is 1.58 bits per heavy atom. The maximum absolute atomic E-state index is 14.8. The minimum Gasteiger partial charge on any atom is -0.466 e. The SMILES string of the molecule is COC(=O)C1=C(C(=O)OC)C2(C(=O)c3cccc4cccc2c34)N(c2ccc(Cl)cc2)C2=C1C(=O)CCC2. The van der Waals surface area contributed by atoms with Gasteiger partial charge in [-0.2, -0.15) is 0 Å². The standard InChI is InChI=1S/C30H22ClNO6/c1-37-28(35)25-24-21(10-5-11-22(24)33)32(18-14-12-17(31)13-15-18)30(26(25)29(36)38-2)20-9-4-7-16-6-3-8-19(23(16)20)27(30)34/h3-4,6-9,12-15H,5,10-11H2,1-2H3. The minimum absolute atomic E-state index is 0.0833. The van der Waals surface area contributed by atoms with Crippen LogP contribution in [0.4, 0.5) is 5.69 Å². The molecule has 6 rings (SSSR count). The lowest BCUT2D eigenvalue weighted by Crippen LogP contribution is -2.57. The first kappa shape index (κ1) is 24.1. The fourth-order valence-corrected chi connectivity index (χ4v) is 6.30. The van der Waals surface area contributed by atoms with E-state index in [2.05, 4.69) is 0 Å². The first-order valence-electron chi connectivity index (χ1n) is 12.2. The summed E-state index contributed by atoms with van der Waals surface area (Å²) >= 11 is 6.22. The second kappa shape index (κ2) is 8.67. The molecule has 0 bridgehead atoms. The van der Waals surface area contributed by atoms with Gasteiger partial charge in [0.25, 0.3) is 0 Å². The van der Waals surface area contributed by atoms with Gasteiger partial charge in [-0.15, -0.1) is 0 Å². The van der Waals surface area contributed by atoms with Crippen LogP contribution in [-0.4, -0.2) is 37.7 Å². The number of methoxy groups -OCH3 is 2. The van der Waals surface area contributed by atoms with Gasteiger partial charge in [0.05, 0.1) is 30.9 Å². The fraction of sp³-hybridized carbons (Fsp3) is 0.200. The van der Waals surface area contributed by atoms with Gasteiger partial charge in [0.1, 0.15) is 0 Å². The van der Waals surface area contributed by atoms with E-state index in [9.17, 15) is 19.2 Å². The summed E-state index contributed by atoms with van der Waals surface area (Å²) in [4.78, 5) is 57.2. The molecule has 3 aromatic carbocycles. The van der Waals surface area contributed by atoms with Gasteiger partial charge in [-0.25, -0.2) is 9.59 Å². The molecule has 0 saturated carbocycles. The number of halogens is 1. The third kappa shape index (κ3) is 3.02. The van der Waals surface area contributed by atoms with E-state index in [1.807, 2.05) is 18.2 Å². The minimum atomic E-state index is -1.82. The number of allylic oxidation sites excluding steroid dienone is 1. The molecule has 7 nitrogen and oxygen atoms in total. The molecule has 190 valence electrons. The van der Waals surface area contributed by atoms with E-state index in [1.165, 1.54) is 14.2 Å². The van der Waals surface area contributed by atoms with Crippen molar-refractivity contribution in [3.63, 3.8) is 0 Å². The van der Waals surface area contributed by atoms with E-state index in [1.54, 1.807) is 47.4 Å². The molecule has 0 aromatic heterocycles. The van der Waals surface area contributed by atoms with Gasteiger partial charge in [0.2, 0.25) is 0 Å². The molecular formula is C30H22ClNO6. The molecule has 1 spiro atoms. The molecule has 0 N–H and O–H groups in total. The Labute approximate surface area is 223 Å². The highest BCUT2D eigenvalue weighted by atomic mass is 35.5. The van der Waals surface area contributed by atoms with Crippen molar-refractivity contribution in [1.29, 1.82) is 0 Å². The third-order valence-corrected chi connectivity index (χ3v) is 7.84. The van der Waals surface area contributed by atoms with Gasteiger partial charge in [-0.1, -0.05) is 48.0 Å². The van der Waals surface area contributed by atoms with Gasteiger partial charge in [0, 0.05) is 28.4 Å². The number of esters is 2. The van der Waals surface area contributed by atoms with Crippen molar-refractivity contribution in [2.45, 2.75) is 24.8 Å².